The molecule has 3 aromatic carbocycles. The van der Waals surface area contributed by atoms with Crippen molar-refractivity contribution in [3.63, 3.8) is 0 Å². The second-order valence-corrected chi connectivity index (χ2v) is 4.81. The number of ether oxygens (including phenoxy) is 1. The molecule has 0 saturated heterocycles. The van der Waals surface area contributed by atoms with Gasteiger partial charge in [-0.1, -0.05) is 48.5 Å². The molecular weight excluding hydrogens is 260 g/mol. The Morgan fingerprint density at radius 2 is 1.62 bits per heavy atom. The van der Waals surface area contributed by atoms with Crippen molar-refractivity contribution in [2.24, 2.45) is 0 Å². The molecule has 0 amide bonds. The molecule has 0 aliphatic carbocycles. The third-order valence-electron chi connectivity index (χ3n) is 3.49. The van der Waals surface area contributed by atoms with Crippen LogP contribution in [0.25, 0.3) is 10.8 Å². The molecule has 3 nitrogen and oxygen atoms in total. The number of benzene rings is 3. The summed E-state index contributed by atoms with van der Waals surface area (Å²) < 4.78 is 5.49. The number of hydrazine groups is 1. The summed E-state index contributed by atoms with van der Waals surface area (Å²) in [5.41, 5.74) is 8.65. The molecule has 3 heteroatoms. The number of fused-ring (bicyclic) bond motifs is 1. The van der Waals surface area contributed by atoms with E-state index in [4.69, 9.17) is 4.74 Å². The maximum Gasteiger partial charge on any atom is 0.124 e. The van der Waals surface area contributed by atoms with E-state index in [9.17, 15) is 0 Å². The summed E-state index contributed by atoms with van der Waals surface area (Å²) in [6.07, 6.45) is 0. The number of para-hydroxylation sites is 1. The van der Waals surface area contributed by atoms with Crippen LogP contribution in [0.3, 0.4) is 0 Å². The highest BCUT2D eigenvalue weighted by Gasteiger charge is 2.07. The van der Waals surface area contributed by atoms with Crippen molar-refractivity contribution in [2.45, 2.75) is 6.54 Å². The zero-order chi connectivity index (χ0) is 14.5. The van der Waals surface area contributed by atoms with Gasteiger partial charge in [0.25, 0.3) is 0 Å². The fourth-order valence-corrected chi connectivity index (χ4v) is 2.45. The molecule has 0 heterocycles. The van der Waals surface area contributed by atoms with Gasteiger partial charge in [-0.25, -0.2) is 5.43 Å². The van der Waals surface area contributed by atoms with E-state index in [0.29, 0.717) is 6.54 Å². The van der Waals surface area contributed by atoms with Crippen molar-refractivity contribution in [3.8, 4) is 5.75 Å². The Kier molecular flexibility index (Phi) is 4.03. The van der Waals surface area contributed by atoms with E-state index in [2.05, 4.69) is 35.1 Å². The van der Waals surface area contributed by atoms with Crippen LogP contribution in [0.4, 0.5) is 5.69 Å². The van der Waals surface area contributed by atoms with Crippen molar-refractivity contribution in [1.82, 2.24) is 5.43 Å². The highest BCUT2D eigenvalue weighted by atomic mass is 16.5. The molecule has 0 spiro atoms. The summed E-state index contributed by atoms with van der Waals surface area (Å²) in [7, 11) is 1.71. The van der Waals surface area contributed by atoms with Crippen LogP contribution in [0.5, 0.6) is 5.75 Å². The second-order valence-electron chi connectivity index (χ2n) is 4.81. The molecule has 0 atom stereocenters. The minimum absolute atomic E-state index is 0.680. The summed E-state index contributed by atoms with van der Waals surface area (Å²) in [5, 5.41) is 2.43. The number of hydrogen-bond donors (Lipinski definition) is 2. The minimum atomic E-state index is 0.680. The summed E-state index contributed by atoms with van der Waals surface area (Å²) in [5.74, 6) is 0.899. The molecule has 0 aliphatic heterocycles. The van der Waals surface area contributed by atoms with Crippen LogP contribution in [-0.4, -0.2) is 7.11 Å². The van der Waals surface area contributed by atoms with E-state index in [1.807, 2.05) is 42.5 Å². The fourth-order valence-electron chi connectivity index (χ4n) is 2.45. The Balaban J connectivity index is 1.82. The predicted molar refractivity (Wildman–Crippen MR) is 87.4 cm³/mol. The first-order valence-electron chi connectivity index (χ1n) is 6.97. The van der Waals surface area contributed by atoms with Crippen LogP contribution in [0, 0.1) is 0 Å². The van der Waals surface area contributed by atoms with Crippen molar-refractivity contribution >= 4 is 16.5 Å². The molecule has 0 saturated carbocycles. The van der Waals surface area contributed by atoms with Gasteiger partial charge in [0.2, 0.25) is 0 Å². The van der Waals surface area contributed by atoms with E-state index < -0.39 is 0 Å². The first-order valence-corrected chi connectivity index (χ1v) is 6.97. The van der Waals surface area contributed by atoms with Crippen LogP contribution < -0.4 is 15.6 Å². The van der Waals surface area contributed by atoms with Crippen molar-refractivity contribution < 1.29 is 4.74 Å². The number of methoxy groups -OCH3 is 1. The Morgan fingerprint density at radius 3 is 2.43 bits per heavy atom. The molecule has 3 aromatic rings. The summed E-state index contributed by atoms with van der Waals surface area (Å²) in [6, 6.07) is 22.5. The van der Waals surface area contributed by atoms with Gasteiger partial charge in [0.15, 0.2) is 0 Å². The van der Waals surface area contributed by atoms with Crippen molar-refractivity contribution in [3.05, 3.63) is 72.3 Å². The second kappa shape index (κ2) is 6.29. The largest absolute Gasteiger partial charge is 0.496 e. The first kappa shape index (κ1) is 13.5. The predicted octanol–water partition coefficient (Wildman–Crippen LogP) is 3.97. The molecule has 0 bridgehead atoms. The highest BCUT2D eigenvalue weighted by Crippen LogP contribution is 2.27. The SMILES string of the molecule is COc1ccc2ccccc2c1CNNc1ccccc1. The van der Waals surface area contributed by atoms with E-state index >= 15 is 0 Å². The van der Waals surface area contributed by atoms with Crippen LogP contribution in [0.2, 0.25) is 0 Å². The lowest BCUT2D eigenvalue weighted by Gasteiger charge is -2.14. The Bertz CT molecular complexity index is 726. The zero-order valence-electron chi connectivity index (χ0n) is 12.0. The molecule has 2 N–H and O–H groups in total. The van der Waals surface area contributed by atoms with Gasteiger partial charge in [-0.05, 0) is 29.0 Å². The summed E-state index contributed by atoms with van der Waals surface area (Å²) in [6.45, 7) is 0.680. The lowest BCUT2D eigenvalue weighted by molar-refractivity contribution is 0.409. The zero-order valence-corrected chi connectivity index (χ0v) is 12.0. The molecule has 0 unspecified atom stereocenters. The van der Waals surface area contributed by atoms with E-state index in [1.165, 1.54) is 10.8 Å². The average molecular weight is 278 g/mol. The lowest BCUT2D eigenvalue weighted by Crippen LogP contribution is -2.21. The van der Waals surface area contributed by atoms with Gasteiger partial charge < -0.3 is 10.2 Å². The van der Waals surface area contributed by atoms with Crippen LogP contribution in [-0.2, 0) is 6.54 Å². The monoisotopic (exact) mass is 278 g/mol. The van der Waals surface area contributed by atoms with E-state index in [-0.39, 0.29) is 0 Å². The number of anilines is 1. The van der Waals surface area contributed by atoms with Gasteiger partial charge in [-0.3, -0.25) is 0 Å². The topological polar surface area (TPSA) is 33.3 Å². The first-order chi connectivity index (χ1) is 10.4. The standard InChI is InChI=1S/C18H18N2O/c1-21-18-12-11-14-7-5-6-10-16(14)17(18)13-19-20-15-8-3-2-4-9-15/h2-12,19-20H,13H2,1H3. The maximum absolute atomic E-state index is 5.49. The Morgan fingerprint density at radius 1 is 0.857 bits per heavy atom. The fraction of sp³-hybridized carbons (Fsp3) is 0.111. The molecular formula is C18H18N2O. The minimum Gasteiger partial charge on any atom is -0.496 e. The van der Waals surface area contributed by atoms with Gasteiger partial charge in [-0.2, -0.15) is 0 Å². The quantitative estimate of drug-likeness (QED) is 0.693. The third kappa shape index (κ3) is 2.98. The Labute approximate surface area is 124 Å². The summed E-state index contributed by atoms with van der Waals surface area (Å²) >= 11 is 0. The molecule has 106 valence electrons. The normalized spacial score (nSPS) is 10.5. The summed E-state index contributed by atoms with van der Waals surface area (Å²) in [4.78, 5) is 0. The Hall–Kier alpha value is -2.52. The lowest BCUT2D eigenvalue weighted by atomic mass is 10.0. The van der Waals surface area contributed by atoms with Gasteiger partial charge in [0.1, 0.15) is 5.75 Å². The van der Waals surface area contributed by atoms with Crippen LogP contribution in [0.15, 0.2) is 66.7 Å². The average Bonchev–Trinajstić information content (AvgIpc) is 2.56. The smallest absolute Gasteiger partial charge is 0.124 e. The molecule has 0 fully saturated rings. The number of hydrogen-bond acceptors (Lipinski definition) is 3. The molecule has 21 heavy (non-hydrogen) atoms. The van der Waals surface area contributed by atoms with Gasteiger partial charge >= 0.3 is 0 Å². The van der Waals surface area contributed by atoms with Gasteiger partial charge in [0.05, 0.1) is 7.11 Å². The molecule has 0 radical (unpaired) electrons. The molecule has 3 rings (SSSR count). The van der Waals surface area contributed by atoms with Crippen molar-refractivity contribution in [1.29, 1.82) is 0 Å². The third-order valence-corrected chi connectivity index (χ3v) is 3.49. The number of nitrogens with one attached hydrogen (secondary N) is 2. The van der Waals surface area contributed by atoms with Crippen LogP contribution in [0.1, 0.15) is 5.56 Å². The number of rotatable bonds is 5. The maximum atomic E-state index is 5.49. The van der Waals surface area contributed by atoms with Gasteiger partial charge in [-0.15, -0.1) is 0 Å². The van der Waals surface area contributed by atoms with Gasteiger partial charge in [0, 0.05) is 17.8 Å². The van der Waals surface area contributed by atoms with Crippen molar-refractivity contribution in [2.75, 3.05) is 12.5 Å². The van der Waals surface area contributed by atoms with E-state index in [1.54, 1.807) is 7.11 Å². The molecule has 0 aliphatic rings. The van der Waals surface area contributed by atoms with E-state index in [0.717, 1.165) is 17.0 Å². The molecule has 0 aromatic heterocycles. The van der Waals surface area contributed by atoms with Crippen LogP contribution >= 0.6 is 0 Å². The highest BCUT2D eigenvalue weighted by molar-refractivity contribution is 5.87.